The van der Waals surface area contributed by atoms with Crippen LogP contribution in [0.4, 0.5) is 11.5 Å². The van der Waals surface area contributed by atoms with E-state index in [2.05, 4.69) is 41.1 Å². The summed E-state index contributed by atoms with van der Waals surface area (Å²) < 4.78 is 0. The van der Waals surface area contributed by atoms with Crippen LogP contribution < -0.4 is 10.2 Å². The molecule has 0 aliphatic carbocycles. The number of hydrogen-bond acceptors (Lipinski definition) is 5. The molecule has 0 bridgehead atoms. The van der Waals surface area contributed by atoms with E-state index < -0.39 is 0 Å². The quantitative estimate of drug-likeness (QED) is 0.878. The third-order valence-corrected chi connectivity index (χ3v) is 5.33. The third kappa shape index (κ3) is 4.64. The predicted octanol–water partition coefficient (Wildman–Crippen LogP) is 2.21. The number of nitrogens with zero attached hydrogens (tertiary/aromatic N) is 4. The molecule has 2 atom stereocenters. The average Bonchev–Trinajstić information content (AvgIpc) is 2.70. The van der Waals surface area contributed by atoms with Gasteiger partial charge < -0.3 is 15.1 Å². The number of nitrogens with one attached hydrogen (secondary N) is 1. The van der Waals surface area contributed by atoms with Gasteiger partial charge in [-0.3, -0.25) is 9.69 Å². The van der Waals surface area contributed by atoms with Gasteiger partial charge in [0.2, 0.25) is 0 Å². The first-order valence-corrected chi connectivity index (χ1v) is 9.40. The molecule has 1 amide bonds. The molecule has 1 aliphatic heterocycles. The van der Waals surface area contributed by atoms with Crippen molar-refractivity contribution in [1.82, 2.24) is 20.1 Å². The smallest absolute Gasteiger partial charge is 0.253 e. The third-order valence-electron chi connectivity index (χ3n) is 5.33. The Labute approximate surface area is 161 Å². The van der Waals surface area contributed by atoms with Crippen molar-refractivity contribution in [2.24, 2.45) is 0 Å². The first-order chi connectivity index (χ1) is 13.0. The summed E-state index contributed by atoms with van der Waals surface area (Å²) in [5.41, 5.74) is 1.64. The number of pyridine rings is 1. The molecule has 1 saturated heterocycles. The minimum Gasteiger partial charge on any atom is -0.348 e. The summed E-state index contributed by atoms with van der Waals surface area (Å²) in [5, 5.41) is 3.14. The monoisotopic (exact) mass is 367 g/mol. The summed E-state index contributed by atoms with van der Waals surface area (Å²) >= 11 is 0. The maximum absolute atomic E-state index is 12.6. The maximum Gasteiger partial charge on any atom is 0.253 e. The van der Waals surface area contributed by atoms with E-state index in [4.69, 9.17) is 0 Å². The SMILES string of the molecule is CC(NC(=O)c1ccc(N(C)c2ccccc2)nc1)C1CN(C)CCN1C. The Morgan fingerprint density at radius 1 is 1.19 bits per heavy atom. The van der Waals surface area contributed by atoms with Crippen molar-refractivity contribution in [3.8, 4) is 0 Å². The highest BCUT2D eigenvalue weighted by molar-refractivity contribution is 5.94. The van der Waals surface area contributed by atoms with Gasteiger partial charge in [0.15, 0.2) is 0 Å². The Kier molecular flexibility index (Phi) is 6.08. The molecule has 1 aromatic heterocycles. The summed E-state index contributed by atoms with van der Waals surface area (Å²) in [6.07, 6.45) is 1.65. The molecule has 0 radical (unpaired) electrons. The van der Waals surface area contributed by atoms with Crippen LogP contribution in [-0.4, -0.2) is 73.6 Å². The van der Waals surface area contributed by atoms with Gasteiger partial charge in [0.25, 0.3) is 5.91 Å². The van der Waals surface area contributed by atoms with Crippen molar-refractivity contribution in [3.05, 3.63) is 54.2 Å². The summed E-state index contributed by atoms with van der Waals surface area (Å²) in [5.74, 6) is 0.727. The molecular formula is C21H29N5O. The van der Waals surface area contributed by atoms with Crippen LogP contribution in [0.15, 0.2) is 48.7 Å². The number of para-hydroxylation sites is 1. The molecule has 2 heterocycles. The van der Waals surface area contributed by atoms with Gasteiger partial charge in [0, 0.05) is 50.6 Å². The highest BCUT2D eigenvalue weighted by Crippen LogP contribution is 2.21. The Hall–Kier alpha value is -2.44. The van der Waals surface area contributed by atoms with Crippen LogP contribution in [0.2, 0.25) is 0 Å². The van der Waals surface area contributed by atoms with E-state index in [1.807, 2.05) is 54.4 Å². The minimum absolute atomic E-state index is 0.0666. The van der Waals surface area contributed by atoms with E-state index in [0.717, 1.165) is 31.1 Å². The van der Waals surface area contributed by atoms with Crippen molar-refractivity contribution in [2.45, 2.75) is 19.0 Å². The molecule has 144 valence electrons. The molecular weight excluding hydrogens is 338 g/mol. The number of piperazine rings is 1. The van der Waals surface area contributed by atoms with E-state index in [-0.39, 0.29) is 11.9 Å². The van der Waals surface area contributed by atoms with Crippen molar-refractivity contribution in [2.75, 3.05) is 45.7 Å². The van der Waals surface area contributed by atoms with Crippen LogP contribution in [0, 0.1) is 0 Å². The van der Waals surface area contributed by atoms with Crippen LogP contribution in [0.3, 0.4) is 0 Å². The lowest BCUT2D eigenvalue weighted by Crippen LogP contribution is -2.58. The molecule has 6 heteroatoms. The Morgan fingerprint density at radius 3 is 2.59 bits per heavy atom. The normalized spacial score (nSPS) is 19.5. The van der Waals surface area contributed by atoms with Gasteiger partial charge in [-0.25, -0.2) is 4.98 Å². The highest BCUT2D eigenvalue weighted by Gasteiger charge is 2.28. The zero-order chi connectivity index (χ0) is 19.4. The molecule has 6 nitrogen and oxygen atoms in total. The molecule has 2 aromatic rings. The van der Waals surface area contributed by atoms with E-state index in [1.165, 1.54) is 0 Å². The van der Waals surface area contributed by atoms with Crippen molar-refractivity contribution in [3.63, 3.8) is 0 Å². The fourth-order valence-electron chi connectivity index (χ4n) is 3.47. The number of rotatable bonds is 5. The molecule has 0 saturated carbocycles. The Bertz CT molecular complexity index is 749. The van der Waals surface area contributed by atoms with Crippen molar-refractivity contribution in [1.29, 1.82) is 0 Å². The highest BCUT2D eigenvalue weighted by atomic mass is 16.1. The van der Waals surface area contributed by atoms with Gasteiger partial charge in [0.1, 0.15) is 5.82 Å². The summed E-state index contributed by atoms with van der Waals surface area (Å²) in [4.78, 5) is 23.7. The van der Waals surface area contributed by atoms with Crippen molar-refractivity contribution < 1.29 is 4.79 Å². The summed E-state index contributed by atoms with van der Waals surface area (Å²) in [7, 11) is 6.21. The number of hydrogen-bond donors (Lipinski definition) is 1. The molecule has 2 unspecified atom stereocenters. The molecule has 1 aromatic carbocycles. The lowest BCUT2D eigenvalue weighted by atomic mass is 10.1. The first-order valence-electron chi connectivity index (χ1n) is 9.40. The maximum atomic E-state index is 12.6. The Morgan fingerprint density at radius 2 is 1.93 bits per heavy atom. The van der Waals surface area contributed by atoms with E-state index in [0.29, 0.717) is 11.6 Å². The van der Waals surface area contributed by atoms with Gasteiger partial charge in [-0.1, -0.05) is 18.2 Å². The Balaban J connectivity index is 1.63. The second kappa shape index (κ2) is 8.50. The zero-order valence-corrected chi connectivity index (χ0v) is 16.6. The van der Waals surface area contributed by atoms with Crippen molar-refractivity contribution >= 4 is 17.4 Å². The molecule has 27 heavy (non-hydrogen) atoms. The molecule has 0 spiro atoms. The molecule has 1 N–H and O–H groups in total. The topological polar surface area (TPSA) is 51.7 Å². The van der Waals surface area contributed by atoms with E-state index >= 15 is 0 Å². The van der Waals surface area contributed by atoms with E-state index in [9.17, 15) is 4.79 Å². The lowest BCUT2D eigenvalue weighted by molar-refractivity contribution is 0.0772. The average molecular weight is 367 g/mol. The fourth-order valence-corrected chi connectivity index (χ4v) is 3.47. The van der Waals surface area contributed by atoms with E-state index in [1.54, 1.807) is 6.20 Å². The minimum atomic E-state index is -0.0782. The number of aromatic nitrogens is 1. The summed E-state index contributed by atoms with van der Waals surface area (Å²) in [6, 6.07) is 14.1. The number of amides is 1. The largest absolute Gasteiger partial charge is 0.348 e. The molecule has 3 rings (SSSR count). The van der Waals surface area contributed by atoms with Crippen LogP contribution in [0.5, 0.6) is 0 Å². The van der Waals surface area contributed by atoms with Crippen LogP contribution in [0.1, 0.15) is 17.3 Å². The molecule has 1 fully saturated rings. The second-order valence-electron chi connectivity index (χ2n) is 7.37. The van der Waals surface area contributed by atoms with Gasteiger partial charge in [-0.15, -0.1) is 0 Å². The van der Waals surface area contributed by atoms with Gasteiger partial charge in [0.05, 0.1) is 5.56 Å². The van der Waals surface area contributed by atoms with Gasteiger partial charge in [-0.2, -0.15) is 0 Å². The number of anilines is 2. The van der Waals surface area contributed by atoms with Crippen LogP contribution in [-0.2, 0) is 0 Å². The summed E-state index contributed by atoms with van der Waals surface area (Å²) in [6.45, 7) is 5.11. The first kappa shape index (κ1) is 19.3. The predicted molar refractivity (Wildman–Crippen MR) is 110 cm³/mol. The number of likely N-dealkylation sites (N-methyl/N-ethyl adjacent to an activating group) is 2. The van der Waals surface area contributed by atoms with Gasteiger partial charge >= 0.3 is 0 Å². The van der Waals surface area contributed by atoms with Crippen LogP contribution in [0.25, 0.3) is 0 Å². The lowest BCUT2D eigenvalue weighted by Gasteiger charge is -2.41. The fraction of sp³-hybridized carbons (Fsp3) is 0.429. The number of benzene rings is 1. The molecule has 1 aliphatic rings. The zero-order valence-electron chi connectivity index (χ0n) is 16.6. The number of carbonyl (C=O) groups excluding carboxylic acids is 1. The standard InChI is InChI=1S/C21H29N5O/c1-16(19-15-24(2)12-13-25(19)3)23-21(27)17-10-11-20(22-14-17)26(4)18-8-6-5-7-9-18/h5-11,14,16,19H,12-13,15H2,1-4H3,(H,23,27). The van der Waals surface area contributed by atoms with Gasteiger partial charge in [-0.05, 0) is 45.3 Å². The van der Waals surface area contributed by atoms with Crippen LogP contribution >= 0.6 is 0 Å². The number of carbonyl (C=O) groups is 1. The second-order valence-corrected chi connectivity index (χ2v) is 7.37.